The molecular weight excluding hydrogens is 252 g/mol. The maximum atomic E-state index is 8.99. The lowest BCUT2D eigenvalue weighted by Gasteiger charge is -2.17. The van der Waals surface area contributed by atoms with Crippen molar-refractivity contribution in [2.75, 3.05) is 26.9 Å². The molecule has 1 aromatic rings. The second-order valence-electron chi connectivity index (χ2n) is 5.37. The summed E-state index contributed by atoms with van der Waals surface area (Å²) in [6, 6.07) is 10.3. The van der Waals surface area contributed by atoms with Crippen molar-refractivity contribution >= 4 is 0 Å². The standard InChI is InChI=1S/C16H24N2O2/c1-16(2,13-17)8-10-20-15-7-5-4-6-14(15)12-18-9-11-19-3/h4-7,18H,8-12H2,1-3H3. The fourth-order valence-electron chi connectivity index (χ4n) is 1.66. The molecule has 0 heterocycles. The van der Waals surface area contributed by atoms with Gasteiger partial charge in [0.2, 0.25) is 0 Å². The number of hydrogen-bond acceptors (Lipinski definition) is 4. The van der Waals surface area contributed by atoms with Crippen molar-refractivity contribution in [2.45, 2.75) is 26.8 Å². The van der Waals surface area contributed by atoms with Crippen LogP contribution in [-0.2, 0) is 11.3 Å². The minimum absolute atomic E-state index is 0.342. The van der Waals surface area contributed by atoms with Crippen LogP contribution in [-0.4, -0.2) is 26.9 Å². The van der Waals surface area contributed by atoms with Crippen LogP contribution in [0.3, 0.4) is 0 Å². The lowest BCUT2D eigenvalue weighted by molar-refractivity contribution is 0.199. The molecule has 20 heavy (non-hydrogen) atoms. The van der Waals surface area contributed by atoms with E-state index in [0.29, 0.717) is 13.2 Å². The van der Waals surface area contributed by atoms with Gasteiger partial charge in [0.15, 0.2) is 0 Å². The molecule has 0 saturated carbocycles. The molecule has 4 nitrogen and oxygen atoms in total. The van der Waals surface area contributed by atoms with E-state index in [1.807, 2.05) is 38.1 Å². The van der Waals surface area contributed by atoms with E-state index < -0.39 is 0 Å². The first kappa shape index (κ1) is 16.5. The zero-order valence-electron chi connectivity index (χ0n) is 12.6. The maximum absolute atomic E-state index is 8.99. The molecule has 1 rings (SSSR count). The third-order valence-electron chi connectivity index (χ3n) is 3.06. The summed E-state index contributed by atoms with van der Waals surface area (Å²) in [5.41, 5.74) is 0.782. The van der Waals surface area contributed by atoms with E-state index in [2.05, 4.69) is 11.4 Å². The zero-order chi connectivity index (χ0) is 14.8. The van der Waals surface area contributed by atoms with Crippen molar-refractivity contribution in [2.24, 2.45) is 5.41 Å². The fraction of sp³-hybridized carbons (Fsp3) is 0.562. The van der Waals surface area contributed by atoms with E-state index in [1.54, 1.807) is 7.11 Å². The van der Waals surface area contributed by atoms with Crippen molar-refractivity contribution in [3.05, 3.63) is 29.8 Å². The van der Waals surface area contributed by atoms with Crippen LogP contribution in [0.15, 0.2) is 24.3 Å². The second-order valence-corrected chi connectivity index (χ2v) is 5.37. The predicted octanol–water partition coefficient (Wildman–Crippen LogP) is 2.74. The highest BCUT2D eigenvalue weighted by molar-refractivity contribution is 5.33. The van der Waals surface area contributed by atoms with Crippen LogP contribution >= 0.6 is 0 Å². The van der Waals surface area contributed by atoms with E-state index in [0.717, 1.165) is 30.8 Å². The Labute approximate surface area is 121 Å². The molecule has 1 aromatic carbocycles. The molecule has 0 bridgehead atoms. The van der Waals surface area contributed by atoms with Crippen LogP contribution < -0.4 is 10.1 Å². The molecule has 0 aliphatic heterocycles. The molecule has 0 aliphatic rings. The monoisotopic (exact) mass is 276 g/mol. The van der Waals surface area contributed by atoms with Crippen LogP contribution in [0.25, 0.3) is 0 Å². The Bertz CT molecular complexity index is 438. The van der Waals surface area contributed by atoms with Gasteiger partial charge in [0, 0.05) is 25.8 Å². The van der Waals surface area contributed by atoms with Crippen LogP contribution in [0.1, 0.15) is 25.8 Å². The SMILES string of the molecule is COCCNCc1ccccc1OCCC(C)(C)C#N. The fourth-order valence-corrected chi connectivity index (χ4v) is 1.66. The predicted molar refractivity (Wildman–Crippen MR) is 79.5 cm³/mol. The van der Waals surface area contributed by atoms with Crippen molar-refractivity contribution in [3.8, 4) is 11.8 Å². The van der Waals surface area contributed by atoms with Gasteiger partial charge in [0.1, 0.15) is 5.75 Å². The van der Waals surface area contributed by atoms with Crippen LogP contribution in [0, 0.1) is 16.7 Å². The molecule has 0 fully saturated rings. The molecule has 110 valence electrons. The summed E-state index contributed by atoms with van der Waals surface area (Å²) in [7, 11) is 1.69. The van der Waals surface area contributed by atoms with E-state index in [4.69, 9.17) is 14.7 Å². The molecular formula is C16H24N2O2. The van der Waals surface area contributed by atoms with Crippen LogP contribution in [0.5, 0.6) is 5.75 Å². The molecule has 0 amide bonds. The molecule has 0 atom stereocenters. The number of nitrogens with one attached hydrogen (secondary N) is 1. The van der Waals surface area contributed by atoms with Gasteiger partial charge in [-0.1, -0.05) is 18.2 Å². The highest BCUT2D eigenvalue weighted by atomic mass is 16.5. The van der Waals surface area contributed by atoms with Crippen molar-refractivity contribution in [3.63, 3.8) is 0 Å². The lowest BCUT2D eigenvalue weighted by Crippen LogP contribution is -2.19. The van der Waals surface area contributed by atoms with E-state index in [1.165, 1.54) is 0 Å². The molecule has 0 saturated heterocycles. The highest BCUT2D eigenvalue weighted by Gasteiger charge is 2.16. The number of para-hydroxylation sites is 1. The van der Waals surface area contributed by atoms with Crippen molar-refractivity contribution < 1.29 is 9.47 Å². The molecule has 0 aromatic heterocycles. The second kappa shape index (κ2) is 8.57. The summed E-state index contributed by atoms with van der Waals surface area (Å²) in [6.45, 7) is 6.66. The summed E-state index contributed by atoms with van der Waals surface area (Å²) in [5.74, 6) is 0.881. The number of rotatable bonds is 9. The van der Waals surface area contributed by atoms with Gasteiger partial charge >= 0.3 is 0 Å². The Morgan fingerprint density at radius 1 is 1.25 bits per heavy atom. The van der Waals surface area contributed by atoms with Gasteiger partial charge in [-0.2, -0.15) is 5.26 Å². The van der Waals surface area contributed by atoms with Gasteiger partial charge in [-0.3, -0.25) is 0 Å². The number of hydrogen-bond donors (Lipinski definition) is 1. The minimum Gasteiger partial charge on any atom is -0.493 e. The Hall–Kier alpha value is -1.57. The largest absolute Gasteiger partial charge is 0.493 e. The average Bonchev–Trinajstić information content (AvgIpc) is 2.45. The summed E-state index contributed by atoms with van der Waals surface area (Å²) < 4.78 is 10.8. The average molecular weight is 276 g/mol. The summed E-state index contributed by atoms with van der Waals surface area (Å²) >= 11 is 0. The number of ether oxygens (including phenoxy) is 2. The Kier molecular flexibility index (Phi) is 7.06. The van der Waals surface area contributed by atoms with E-state index in [9.17, 15) is 0 Å². The summed E-state index contributed by atoms with van der Waals surface area (Å²) in [5, 5.41) is 12.3. The first-order valence-corrected chi connectivity index (χ1v) is 6.90. The molecule has 0 unspecified atom stereocenters. The van der Waals surface area contributed by atoms with Gasteiger partial charge in [-0.05, 0) is 26.3 Å². The third-order valence-corrected chi connectivity index (χ3v) is 3.06. The third kappa shape index (κ3) is 6.05. The zero-order valence-corrected chi connectivity index (χ0v) is 12.6. The Balaban J connectivity index is 2.47. The van der Waals surface area contributed by atoms with E-state index in [-0.39, 0.29) is 5.41 Å². The first-order valence-electron chi connectivity index (χ1n) is 6.90. The molecule has 0 radical (unpaired) electrons. The Morgan fingerprint density at radius 2 is 2.00 bits per heavy atom. The number of nitriles is 1. The molecule has 4 heteroatoms. The lowest BCUT2D eigenvalue weighted by atomic mass is 9.92. The molecule has 1 N–H and O–H groups in total. The molecule has 0 spiro atoms. The van der Waals surface area contributed by atoms with E-state index >= 15 is 0 Å². The van der Waals surface area contributed by atoms with Crippen molar-refractivity contribution in [1.82, 2.24) is 5.32 Å². The quantitative estimate of drug-likeness (QED) is 0.705. The number of methoxy groups -OCH3 is 1. The molecule has 0 aliphatic carbocycles. The summed E-state index contributed by atoms with van der Waals surface area (Å²) in [6.07, 6.45) is 0.717. The van der Waals surface area contributed by atoms with Gasteiger partial charge in [-0.25, -0.2) is 0 Å². The van der Waals surface area contributed by atoms with Gasteiger partial charge in [-0.15, -0.1) is 0 Å². The van der Waals surface area contributed by atoms with Gasteiger partial charge < -0.3 is 14.8 Å². The van der Waals surface area contributed by atoms with Gasteiger partial charge in [0.25, 0.3) is 0 Å². The smallest absolute Gasteiger partial charge is 0.123 e. The first-order chi connectivity index (χ1) is 9.59. The topological polar surface area (TPSA) is 54.3 Å². The van der Waals surface area contributed by atoms with Crippen LogP contribution in [0.4, 0.5) is 0 Å². The number of benzene rings is 1. The maximum Gasteiger partial charge on any atom is 0.123 e. The summed E-state index contributed by atoms with van der Waals surface area (Å²) in [4.78, 5) is 0. The Morgan fingerprint density at radius 3 is 2.70 bits per heavy atom. The number of nitrogens with zero attached hydrogens (tertiary/aromatic N) is 1. The normalized spacial score (nSPS) is 11.1. The van der Waals surface area contributed by atoms with Gasteiger partial charge in [0.05, 0.1) is 24.7 Å². The minimum atomic E-state index is -0.342. The highest BCUT2D eigenvalue weighted by Crippen LogP contribution is 2.22. The van der Waals surface area contributed by atoms with Crippen molar-refractivity contribution in [1.29, 1.82) is 5.26 Å². The van der Waals surface area contributed by atoms with Crippen LogP contribution in [0.2, 0.25) is 0 Å².